The number of hydrogen-bond acceptors (Lipinski definition) is 3. The lowest BCUT2D eigenvalue weighted by atomic mass is 10.1. The van der Waals surface area contributed by atoms with Crippen molar-refractivity contribution in [2.75, 3.05) is 6.61 Å². The molecule has 0 aromatic heterocycles. The Balaban J connectivity index is 2.08. The second kappa shape index (κ2) is 7.41. The van der Waals surface area contributed by atoms with E-state index in [9.17, 15) is 9.65 Å². The van der Waals surface area contributed by atoms with E-state index >= 15 is 0 Å². The number of nitriles is 1. The van der Waals surface area contributed by atoms with Crippen LogP contribution in [-0.2, 0) is 6.54 Å². The van der Waals surface area contributed by atoms with Gasteiger partial charge in [0.15, 0.2) is 0 Å². The zero-order valence-electron chi connectivity index (χ0n) is 11.8. The molecule has 1 atom stereocenters. The molecule has 2 aromatic carbocycles. The van der Waals surface area contributed by atoms with E-state index in [-0.39, 0.29) is 5.82 Å². The standard InChI is InChI=1S/C17H17FN2O/c1-2-21-15-8-5-7-13(10-15)17(11-19)20-12-14-6-3-4-9-16(14)18/h3-10,17,20H,2,12H2,1H3. The average molecular weight is 284 g/mol. The van der Waals surface area contributed by atoms with Crippen molar-refractivity contribution in [2.24, 2.45) is 0 Å². The highest BCUT2D eigenvalue weighted by atomic mass is 19.1. The van der Waals surface area contributed by atoms with Gasteiger partial charge < -0.3 is 4.74 Å². The molecule has 0 heterocycles. The third kappa shape index (κ3) is 4.04. The Morgan fingerprint density at radius 3 is 2.76 bits per heavy atom. The van der Waals surface area contributed by atoms with Crippen LogP contribution in [0.4, 0.5) is 4.39 Å². The Kier molecular flexibility index (Phi) is 5.30. The number of rotatable bonds is 6. The monoisotopic (exact) mass is 284 g/mol. The maximum Gasteiger partial charge on any atom is 0.127 e. The Labute approximate surface area is 124 Å². The molecule has 2 aromatic rings. The summed E-state index contributed by atoms with van der Waals surface area (Å²) in [7, 11) is 0. The van der Waals surface area contributed by atoms with Gasteiger partial charge in [-0.1, -0.05) is 30.3 Å². The summed E-state index contributed by atoms with van der Waals surface area (Å²) in [6.07, 6.45) is 0. The van der Waals surface area contributed by atoms with Gasteiger partial charge in [0.2, 0.25) is 0 Å². The van der Waals surface area contributed by atoms with E-state index in [1.807, 2.05) is 31.2 Å². The maximum absolute atomic E-state index is 13.6. The number of nitrogens with zero attached hydrogens (tertiary/aromatic N) is 1. The Morgan fingerprint density at radius 2 is 2.05 bits per heavy atom. The van der Waals surface area contributed by atoms with Crippen molar-refractivity contribution < 1.29 is 9.13 Å². The normalized spacial score (nSPS) is 11.7. The minimum absolute atomic E-state index is 0.273. The van der Waals surface area contributed by atoms with Crippen LogP contribution in [0.1, 0.15) is 24.1 Å². The molecule has 0 bridgehead atoms. The second-order valence-corrected chi connectivity index (χ2v) is 4.54. The van der Waals surface area contributed by atoms with Gasteiger partial charge in [-0.25, -0.2) is 4.39 Å². The van der Waals surface area contributed by atoms with E-state index in [4.69, 9.17) is 4.74 Å². The van der Waals surface area contributed by atoms with Crippen molar-refractivity contribution in [1.29, 1.82) is 5.26 Å². The van der Waals surface area contributed by atoms with Gasteiger partial charge in [0, 0.05) is 12.1 Å². The SMILES string of the molecule is CCOc1cccc(C(C#N)NCc2ccccc2F)c1. The Bertz CT molecular complexity index is 637. The summed E-state index contributed by atoms with van der Waals surface area (Å²) in [5.41, 5.74) is 1.35. The van der Waals surface area contributed by atoms with Crippen LogP contribution in [-0.4, -0.2) is 6.61 Å². The smallest absolute Gasteiger partial charge is 0.127 e. The molecule has 108 valence electrons. The van der Waals surface area contributed by atoms with Crippen molar-refractivity contribution in [2.45, 2.75) is 19.5 Å². The van der Waals surface area contributed by atoms with E-state index in [1.54, 1.807) is 18.2 Å². The van der Waals surface area contributed by atoms with E-state index in [2.05, 4.69) is 11.4 Å². The molecule has 1 unspecified atom stereocenters. The molecule has 0 aliphatic heterocycles. The van der Waals surface area contributed by atoms with E-state index in [0.29, 0.717) is 18.7 Å². The summed E-state index contributed by atoms with van der Waals surface area (Å²) in [4.78, 5) is 0. The highest BCUT2D eigenvalue weighted by Crippen LogP contribution is 2.19. The molecule has 0 aliphatic carbocycles. The quantitative estimate of drug-likeness (QED) is 0.882. The molecule has 0 spiro atoms. The lowest BCUT2D eigenvalue weighted by molar-refractivity contribution is 0.339. The first kappa shape index (κ1) is 15.0. The summed E-state index contributed by atoms with van der Waals surface area (Å²) in [6, 6.07) is 15.6. The van der Waals surface area contributed by atoms with Crippen molar-refractivity contribution in [3.05, 3.63) is 65.5 Å². The Morgan fingerprint density at radius 1 is 1.24 bits per heavy atom. The summed E-state index contributed by atoms with van der Waals surface area (Å²) in [5.74, 6) is 0.452. The van der Waals surface area contributed by atoms with E-state index < -0.39 is 6.04 Å². The van der Waals surface area contributed by atoms with Crippen LogP contribution >= 0.6 is 0 Å². The van der Waals surface area contributed by atoms with Crippen molar-refractivity contribution in [3.8, 4) is 11.8 Å². The minimum atomic E-state index is -0.509. The fourth-order valence-electron chi connectivity index (χ4n) is 2.04. The minimum Gasteiger partial charge on any atom is -0.494 e. The molecule has 0 aliphatic rings. The molecular formula is C17H17FN2O. The second-order valence-electron chi connectivity index (χ2n) is 4.54. The van der Waals surface area contributed by atoms with Gasteiger partial charge in [-0.15, -0.1) is 0 Å². The molecule has 0 fully saturated rings. The summed E-state index contributed by atoms with van der Waals surface area (Å²) in [6.45, 7) is 2.78. The third-order valence-corrected chi connectivity index (χ3v) is 3.09. The fourth-order valence-corrected chi connectivity index (χ4v) is 2.04. The van der Waals surface area contributed by atoms with Crippen molar-refractivity contribution >= 4 is 0 Å². The molecule has 2 rings (SSSR count). The summed E-state index contributed by atoms with van der Waals surface area (Å²) >= 11 is 0. The first-order chi connectivity index (χ1) is 10.2. The van der Waals surface area contributed by atoms with Crippen LogP contribution in [0.5, 0.6) is 5.75 Å². The van der Waals surface area contributed by atoms with Gasteiger partial charge in [0.1, 0.15) is 17.6 Å². The first-order valence-corrected chi connectivity index (χ1v) is 6.83. The zero-order chi connectivity index (χ0) is 15.1. The molecule has 0 radical (unpaired) electrons. The van der Waals surface area contributed by atoms with Gasteiger partial charge in [-0.3, -0.25) is 5.32 Å². The third-order valence-electron chi connectivity index (χ3n) is 3.09. The topological polar surface area (TPSA) is 45.0 Å². The number of nitrogens with one attached hydrogen (secondary N) is 1. The van der Waals surface area contributed by atoms with Crippen LogP contribution in [0.15, 0.2) is 48.5 Å². The van der Waals surface area contributed by atoms with Gasteiger partial charge in [0.25, 0.3) is 0 Å². The number of hydrogen-bond donors (Lipinski definition) is 1. The molecule has 0 amide bonds. The van der Waals surface area contributed by atoms with Gasteiger partial charge in [0.05, 0.1) is 12.7 Å². The van der Waals surface area contributed by atoms with Gasteiger partial charge in [-0.2, -0.15) is 5.26 Å². The highest BCUT2D eigenvalue weighted by Gasteiger charge is 2.11. The predicted molar refractivity (Wildman–Crippen MR) is 79.2 cm³/mol. The molecule has 3 nitrogen and oxygen atoms in total. The lowest BCUT2D eigenvalue weighted by Gasteiger charge is -2.13. The van der Waals surface area contributed by atoms with Crippen LogP contribution in [0, 0.1) is 17.1 Å². The van der Waals surface area contributed by atoms with E-state index in [1.165, 1.54) is 6.07 Å². The Hall–Kier alpha value is -2.38. The predicted octanol–water partition coefficient (Wildman–Crippen LogP) is 3.58. The molecule has 0 saturated heterocycles. The van der Waals surface area contributed by atoms with E-state index in [0.717, 1.165) is 11.3 Å². The lowest BCUT2D eigenvalue weighted by Crippen LogP contribution is -2.20. The average Bonchev–Trinajstić information content (AvgIpc) is 2.50. The summed E-state index contributed by atoms with van der Waals surface area (Å²) < 4.78 is 19.0. The molecular weight excluding hydrogens is 267 g/mol. The fraction of sp³-hybridized carbons (Fsp3) is 0.235. The molecule has 21 heavy (non-hydrogen) atoms. The number of halogens is 1. The van der Waals surface area contributed by atoms with Gasteiger partial charge in [-0.05, 0) is 30.7 Å². The van der Waals surface area contributed by atoms with Crippen molar-refractivity contribution in [3.63, 3.8) is 0 Å². The molecule has 0 saturated carbocycles. The van der Waals surface area contributed by atoms with Gasteiger partial charge >= 0.3 is 0 Å². The zero-order valence-corrected chi connectivity index (χ0v) is 11.8. The maximum atomic E-state index is 13.6. The number of benzene rings is 2. The largest absolute Gasteiger partial charge is 0.494 e. The van der Waals surface area contributed by atoms with Crippen LogP contribution in [0.25, 0.3) is 0 Å². The van der Waals surface area contributed by atoms with Crippen LogP contribution in [0.3, 0.4) is 0 Å². The molecule has 4 heteroatoms. The highest BCUT2D eigenvalue weighted by molar-refractivity contribution is 5.33. The number of ether oxygens (including phenoxy) is 1. The van der Waals surface area contributed by atoms with Crippen molar-refractivity contribution in [1.82, 2.24) is 5.32 Å². The first-order valence-electron chi connectivity index (χ1n) is 6.83. The summed E-state index contributed by atoms with van der Waals surface area (Å²) in [5, 5.41) is 12.4. The molecule has 1 N–H and O–H groups in total. The van der Waals surface area contributed by atoms with Crippen LogP contribution in [0.2, 0.25) is 0 Å². The van der Waals surface area contributed by atoms with Crippen LogP contribution < -0.4 is 10.1 Å².